The maximum Gasteiger partial charge on any atom is 0.254 e. The number of benzene rings is 3. The minimum atomic E-state index is -0.381. The van der Waals surface area contributed by atoms with Gasteiger partial charge in [-0.15, -0.1) is 0 Å². The van der Waals surface area contributed by atoms with Crippen LogP contribution in [0.2, 0.25) is 0 Å². The molecule has 0 aromatic heterocycles. The monoisotopic (exact) mass is 452 g/mol. The minimum Gasteiger partial charge on any atom is -0.336 e. The van der Waals surface area contributed by atoms with Gasteiger partial charge < -0.3 is 4.90 Å². The molecule has 0 N–H and O–H groups in total. The van der Waals surface area contributed by atoms with Crippen LogP contribution in [0.25, 0.3) is 0 Å². The lowest BCUT2D eigenvalue weighted by Gasteiger charge is -2.39. The van der Waals surface area contributed by atoms with Crippen molar-refractivity contribution >= 4 is 21.8 Å². The standard InChI is InChI=1S/C24H22BrFN2O/c25-21-11-9-19(10-12-21)23(18-5-2-1-3-6-18)27-13-15-28(16-14-27)24(29)20-7-4-8-22(26)17-20/h1-12,17,23H,13-16H2/t23-/m0/s1. The molecule has 1 heterocycles. The van der Waals surface area contributed by atoms with Crippen molar-refractivity contribution < 1.29 is 9.18 Å². The van der Waals surface area contributed by atoms with Crippen molar-refractivity contribution in [2.24, 2.45) is 0 Å². The Hall–Kier alpha value is -2.50. The van der Waals surface area contributed by atoms with Crippen molar-refractivity contribution in [2.75, 3.05) is 26.2 Å². The van der Waals surface area contributed by atoms with Gasteiger partial charge in [0.15, 0.2) is 0 Å². The molecule has 148 valence electrons. The fourth-order valence-corrected chi connectivity index (χ4v) is 4.15. The Labute approximate surface area is 178 Å². The molecule has 3 aromatic rings. The number of carbonyl (C=O) groups excluding carboxylic acids is 1. The summed E-state index contributed by atoms with van der Waals surface area (Å²) in [5.74, 6) is -0.488. The molecule has 1 aliphatic heterocycles. The topological polar surface area (TPSA) is 23.6 Å². The van der Waals surface area contributed by atoms with E-state index >= 15 is 0 Å². The second kappa shape index (κ2) is 8.89. The van der Waals surface area contributed by atoms with Gasteiger partial charge in [-0.25, -0.2) is 4.39 Å². The molecule has 1 aliphatic rings. The highest BCUT2D eigenvalue weighted by molar-refractivity contribution is 9.10. The lowest BCUT2D eigenvalue weighted by atomic mass is 9.96. The molecule has 0 spiro atoms. The van der Waals surface area contributed by atoms with E-state index < -0.39 is 0 Å². The molecule has 1 saturated heterocycles. The normalized spacial score (nSPS) is 15.9. The number of carbonyl (C=O) groups is 1. The Kier molecular flexibility index (Phi) is 6.07. The van der Waals surface area contributed by atoms with Crippen LogP contribution in [-0.2, 0) is 0 Å². The van der Waals surface area contributed by atoms with Gasteiger partial charge in [-0.05, 0) is 41.5 Å². The zero-order valence-corrected chi connectivity index (χ0v) is 17.6. The molecule has 0 aliphatic carbocycles. The number of nitrogens with zero attached hydrogens (tertiary/aromatic N) is 2. The molecule has 5 heteroatoms. The van der Waals surface area contributed by atoms with E-state index in [1.807, 2.05) is 11.0 Å². The summed E-state index contributed by atoms with van der Waals surface area (Å²) >= 11 is 3.51. The largest absolute Gasteiger partial charge is 0.336 e. The fraction of sp³-hybridized carbons (Fsp3) is 0.208. The SMILES string of the molecule is O=C(c1cccc(F)c1)N1CCN([C@@H](c2ccccc2)c2ccc(Br)cc2)CC1. The summed E-state index contributed by atoms with van der Waals surface area (Å²) in [4.78, 5) is 17.0. The Morgan fingerprint density at radius 3 is 2.14 bits per heavy atom. The van der Waals surface area contributed by atoms with E-state index in [9.17, 15) is 9.18 Å². The van der Waals surface area contributed by atoms with Crippen LogP contribution in [0.15, 0.2) is 83.3 Å². The highest BCUT2D eigenvalue weighted by atomic mass is 79.9. The second-order valence-corrected chi connectivity index (χ2v) is 8.12. The van der Waals surface area contributed by atoms with Crippen LogP contribution in [0, 0.1) is 5.82 Å². The third kappa shape index (κ3) is 4.57. The molecule has 0 radical (unpaired) electrons. The van der Waals surface area contributed by atoms with Gasteiger partial charge in [-0.3, -0.25) is 9.69 Å². The number of hydrogen-bond donors (Lipinski definition) is 0. The van der Waals surface area contributed by atoms with E-state index in [0.717, 1.165) is 17.6 Å². The Morgan fingerprint density at radius 1 is 0.828 bits per heavy atom. The lowest BCUT2D eigenvalue weighted by Crippen LogP contribution is -2.49. The van der Waals surface area contributed by atoms with Gasteiger partial charge in [0.25, 0.3) is 5.91 Å². The van der Waals surface area contributed by atoms with Crippen LogP contribution in [0.3, 0.4) is 0 Å². The van der Waals surface area contributed by atoms with Gasteiger partial charge in [-0.1, -0.05) is 64.5 Å². The van der Waals surface area contributed by atoms with Gasteiger partial charge in [-0.2, -0.15) is 0 Å². The van der Waals surface area contributed by atoms with E-state index in [-0.39, 0.29) is 17.8 Å². The van der Waals surface area contributed by atoms with Crippen LogP contribution >= 0.6 is 15.9 Å². The molecule has 0 unspecified atom stereocenters. The first-order valence-corrected chi connectivity index (χ1v) is 10.5. The second-order valence-electron chi connectivity index (χ2n) is 7.20. The summed E-state index contributed by atoms with van der Waals surface area (Å²) in [5.41, 5.74) is 2.87. The van der Waals surface area contributed by atoms with Gasteiger partial charge in [0.2, 0.25) is 0 Å². The fourth-order valence-electron chi connectivity index (χ4n) is 3.88. The first-order chi connectivity index (χ1) is 14.1. The van der Waals surface area contributed by atoms with E-state index in [2.05, 4.69) is 69.4 Å². The predicted molar refractivity (Wildman–Crippen MR) is 116 cm³/mol. The van der Waals surface area contributed by atoms with E-state index in [1.165, 1.54) is 23.3 Å². The summed E-state index contributed by atoms with van der Waals surface area (Å²) in [6.07, 6.45) is 0. The Morgan fingerprint density at radius 2 is 1.48 bits per heavy atom. The molecule has 1 fully saturated rings. The highest BCUT2D eigenvalue weighted by Crippen LogP contribution is 2.30. The van der Waals surface area contributed by atoms with Crippen molar-refractivity contribution in [2.45, 2.75) is 6.04 Å². The lowest BCUT2D eigenvalue weighted by molar-refractivity contribution is 0.0597. The van der Waals surface area contributed by atoms with Crippen LogP contribution < -0.4 is 0 Å². The van der Waals surface area contributed by atoms with Crippen molar-refractivity contribution in [1.29, 1.82) is 0 Å². The third-order valence-corrected chi connectivity index (χ3v) is 5.87. The summed E-state index contributed by atoms with van der Waals surface area (Å²) < 4.78 is 14.5. The van der Waals surface area contributed by atoms with Gasteiger partial charge in [0, 0.05) is 36.2 Å². The van der Waals surface area contributed by atoms with Crippen molar-refractivity contribution in [3.8, 4) is 0 Å². The average Bonchev–Trinajstić information content (AvgIpc) is 2.76. The predicted octanol–water partition coefficient (Wildman–Crippen LogP) is 5.14. The summed E-state index contributed by atoms with van der Waals surface area (Å²) in [6.45, 7) is 2.76. The quantitative estimate of drug-likeness (QED) is 0.547. The maximum atomic E-state index is 13.5. The number of piperazine rings is 1. The molecular formula is C24H22BrFN2O. The number of rotatable bonds is 4. The Bertz CT molecular complexity index is 970. The molecule has 0 bridgehead atoms. The van der Waals surface area contributed by atoms with Crippen molar-refractivity contribution in [3.63, 3.8) is 0 Å². The molecule has 3 aromatic carbocycles. The molecule has 1 atom stereocenters. The minimum absolute atomic E-state index is 0.107. The summed E-state index contributed by atoms with van der Waals surface area (Å²) in [7, 11) is 0. The summed E-state index contributed by atoms with van der Waals surface area (Å²) in [6, 6.07) is 24.9. The first kappa shape index (κ1) is 19.8. The molecular weight excluding hydrogens is 431 g/mol. The molecule has 29 heavy (non-hydrogen) atoms. The van der Waals surface area contributed by atoms with Gasteiger partial charge in [0.05, 0.1) is 6.04 Å². The first-order valence-electron chi connectivity index (χ1n) is 9.71. The zero-order chi connectivity index (χ0) is 20.2. The summed E-state index contributed by atoms with van der Waals surface area (Å²) in [5, 5.41) is 0. The van der Waals surface area contributed by atoms with E-state index in [4.69, 9.17) is 0 Å². The van der Waals surface area contributed by atoms with Crippen LogP contribution in [-0.4, -0.2) is 41.9 Å². The van der Waals surface area contributed by atoms with Crippen LogP contribution in [0.4, 0.5) is 4.39 Å². The third-order valence-electron chi connectivity index (χ3n) is 5.34. The maximum absolute atomic E-state index is 13.5. The smallest absolute Gasteiger partial charge is 0.254 e. The van der Waals surface area contributed by atoms with E-state index in [1.54, 1.807) is 12.1 Å². The molecule has 3 nitrogen and oxygen atoms in total. The van der Waals surface area contributed by atoms with Gasteiger partial charge >= 0.3 is 0 Å². The molecule has 1 amide bonds. The highest BCUT2D eigenvalue weighted by Gasteiger charge is 2.28. The van der Waals surface area contributed by atoms with Gasteiger partial charge in [0.1, 0.15) is 5.82 Å². The number of amides is 1. The van der Waals surface area contributed by atoms with Crippen LogP contribution in [0.1, 0.15) is 27.5 Å². The van der Waals surface area contributed by atoms with Crippen molar-refractivity contribution in [3.05, 3.63) is 106 Å². The number of halogens is 2. The molecule has 0 saturated carbocycles. The van der Waals surface area contributed by atoms with Crippen LogP contribution in [0.5, 0.6) is 0 Å². The van der Waals surface area contributed by atoms with Crippen molar-refractivity contribution in [1.82, 2.24) is 9.80 Å². The molecule has 4 rings (SSSR count). The number of hydrogen-bond acceptors (Lipinski definition) is 2. The zero-order valence-electron chi connectivity index (χ0n) is 16.0. The average molecular weight is 453 g/mol. The van der Waals surface area contributed by atoms with E-state index in [0.29, 0.717) is 18.7 Å². The Balaban J connectivity index is 1.52.